The van der Waals surface area contributed by atoms with Crippen molar-refractivity contribution in [2.75, 3.05) is 26.2 Å². The van der Waals surface area contributed by atoms with E-state index >= 15 is 0 Å². The number of piperidine rings is 2. The average molecular weight is 621 g/mol. The maximum atomic E-state index is 3.63. The molecule has 0 amide bonds. The number of rotatable bonds is 10. The van der Waals surface area contributed by atoms with Crippen LogP contribution in [-0.2, 0) is 19.3 Å². The van der Waals surface area contributed by atoms with Crippen LogP contribution >= 0.6 is 0 Å². The van der Waals surface area contributed by atoms with Gasteiger partial charge in [0.05, 0.1) is 0 Å². The third-order valence-corrected chi connectivity index (χ3v) is 12.2. The van der Waals surface area contributed by atoms with E-state index in [2.05, 4.69) is 130 Å². The van der Waals surface area contributed by atoms with Gasteiger partial charge in [-0.25, -0.2) is 0 Å². The number of hydrogen-bond acceptors (Lipinski definition) is 2. The number of aromatic amines is 2. The van der Waals surface area contributed by atoms with Crippen LogP contribution in [0.5, 0.6) is 0 Å². The third kappa shape index (κ3) is 5.60. The third-order valence-electron chi connectivity index (χ3n) is 12.2. The summed E-state index contributed by atoms with van der Waals surface area (Å²) in [4.78, 5) is 12.6. The van der Waals surface area contributed by atoms with Crippen molar-refractivity contribution < 1.29 is 0 Å². The molecule has 0 saturated carbocycles. The molecule has 0 spiro atoms. The Morgan fingerprint density at radius 2 is 1.30 bits per heavy atom. The van der Waals surface area contributed by atoms with Crippen LogP contribution in [0.2, 0.25) is 0 Å². The Morgan fingerprint density at radius 1 is 0.638 bits per heavy atom. The quantitative estimate of drug-likeness (QED) is 0.153. The van der Waals surface area contributed by atoms with Gasteiger partial charge in [-0.1, -0.05) is 92.2 Å². The fraction of sp³-hybridized carbons (Fsp3) is 0.395. The SMILES string of the molecule is CCC1CC2C=CC1N(CCc1c[nH]c3cc(-c4cccc(CC5CC6C=CC5N(CCc5c[nH]c7ccccc57)C6)c4)ccc13)C2. The second kappa shape index (κ2) is 12.3. The molecule has 6 heterocycles. The molecule has 6 unspecified atom stereocenters. The zero-order valence-corrected chi connectivity index (χ0v) is 27.7. The van der Waals surface area contributed by atoms with E-state index in [1.165, 1.54) is 82.0 Å². The number of nitrogens with zero attached hydrogens (tertiary/aromatic N) is 2. The summed E-state index contributed by atoms with van der Waals surface area (Å²) in [7, 11) is 0. The Bertz CT molecular complexity index is 1940. The van der Waals surface area contributed by atoms with Gasteiger partial charge in [-0.05, 0) is 95.7 Å². The molecular weight excluding hydrogens is 573 g/mol. The van der Waals surface area contributed by atoms with Gasteiger partial charge >= 0.3 is 0 Å². The van der Waals surface area contributed by atoms with E-state index in [4.69, 9.17) is 0 Å². The highest BCUT2D eigenvalue weighted by atomic mass is 15.2. The Balaban J connectivity index is 0.866. The first-order chi connectivity index (χ1) is 23.2. The molecule has 4 aliphatic heterocycles. The van der Waals surface area contributed by atoms with Crippen LogP contribution in [0.1, 0.15) is 42.9 Å². The van der Waals surface area contributed by atoms with E-state index in [9.17, 15) is 0 Å². The van der Waals surface area contributed by atoms with Gasteiger partial charge in [0.15, 0.2) is 0 Å². The van der Waals surface area contributed by atoms with Crippen LogP contribution in [-0.4, -0.2) is 58.0 Å². The first-order valence-electron chi connectivity index (χ1n) is 18.3. The zero-order chi connectivity index (χ0) is 31.3. The highest BCUT2D eigenvalue weighted by Crippen LogP contribution is 2.38. The van der Waals surface area contributed by atoms with Gasteiger partial charge in [-0.2, -0.15) is 0 Å². The molecule has 2 aromatic heterocycles. The van der Waals surface area contributed by atoms with Crippen LogP contribution in [0.4, 0.5) is 0 Å². The molecule has 6 aliphatic rings. The Kier molecular flexibility index (Phi) is 7.67. The summed E-state index contributed by atoms with van der Waals surface area (Å²) in [6.07, 6.45) is 21.8. The van der Waals surface area contributed by atoms with Crippen LogP contribution in [0.25, 0.3) is 32.9 Å². The minimum atomic E-state index is 0.534. The van der Waals surface area contributed by atoms with Crippen molar-refractivity contribution in [2.24, 2.45) is 23.7 Å². The van der Waals surface area contributed by atoms with Crippen LogP contribution < -0.4 is 0 Å². The van der Waals surface area contributed by atoms with Crippen molar-refractivity contribution in [2.45, 2.75) is 57.5 Å². The van der Waals surface area contributed by atoms with E-state index < -0.39 is 0 Å². The van der Waals surface area contributed by atoms with Gasteiger partial charge in [0.1, 0.15) is 0 Å². The number of aromatic nitrogens is 2. The minimum Gasteiger partial charge on any atom is -0.361 e. The van der Waals surface area contributed by atoms with E-state index in [1.54, 1.807) is 0 Å². The summed E-state index contributed by atoms with van der Waals surface area (Å²) >= 11 is 0. The fourth-order valence-corrected chi connectivity index (χ4v) is 9.74. The van der Waals surface area contributed by atoms with Crippen molar-refractivity contribution >= 4 is 21.8 Å². The Morgan fingerprint density at radius 3 is 2.04 bits per heavy atom. The van der Waals surface area contributed by atoms with E-state index in [1.807, 2.05) is 0 Å². The molecule has 2 aliphatic carbocycles. The zero-order valence-electron chi connectivity index (χ0n) is 27.7. The number of fused-ring (bicyclic) bond motifs is 6. The fourth-order valence-electron chi connectivity index (χ4n) is 9.74. The minimum absolute atomic E-state index is 0.534. The Labute approximate surface area is 279 Å². The van der Waals surface area contributed by atoms with E-state index in [0.29, 0.717) is 23.9 Å². The molecule has 3 aromatic carbocycles. The summed E-state index contributed by atoms with van der Waals surface area (Å²) < 4.78 is 0. The van der Waals surface area contributed by atoms with Gasteiger partial charge in [0.25, 0.3) is 0 Å². The van der Waals surface area contributed by atoms with Gasteiger partial charge < -0.3 is 9.97 Å². The van der Waals surface area contributed by atoms with E-state index in [-0.39, 0.29) is 0 Å². The van der Waals surface area contributed by atoms with Crippen LogP contribution in [0.15, 0.2) is 103 Å². The molecule has 2 saturated heterocycles. The smallest absolute Gasteiger partial charge is 0.0463 e. The summed E-state index contributed by atoms with van der Waals surface area (Å²) in [6, 6.07) is 26.3. The molecule has 4 bridgehead atoms. The first kappa shape index (κ1) is 29.3. The monoisotopic (exact) mass is 620 g/mol. The number of benzene rings is 3. The molecule has 2 fully saturated rings. The lowest BCUT2D eigenvalue weighted by Crippen LogP contribution is -2.51. The molecule has 2 N–H and O–H groups in total. The lowest BCUT2D eigenvalue weighted by Gasteiger charge is -2.46. The van der Waals surface area contributed by atoms with Crippen molar-refractivity contribution in [1.82, 2.24) is 19.8 Å². The highest BCUT2D eigenvalue weighted by Gasteiger charge is 2.37. The number of nitrogens with one attached hydrogen (secondary N) is 2. The molecule has 47 heavy (non-hydrogen) atoms. The normalized spacial score (nSPS) is 27.1. The molecule has 4 nitrogen and oxygen atoms in total. The Hall–Kier alpha value is -3.86. The second-order valence-corrected chi connectivity index (χ2v) is 15.0. The maximum absolute atomic E-state index is 3.63. The predicted molar refractivity (Wildman–Crippen MR) is 196 cm³/mol. The lowest BCUT2D eigenvalue weighted by atomic mass is 9.74. The maximum Gasteiger partial charge on any atom is 0.0463 e. The summed E-state index contributed by atoms with van der Waals surface area (Å²) in [5, 5.41) is 2.76. The molecule has 240 valence electrons. The lowest BCUT2D eigenvalue weighted by molar-refractivity contribution is 0.0826. The van der Waals surface area contributed by atoms with Gasteiger partial charge in [0, 0.05) is 72.5 Å². The summed E-state index contributed by atoms with van der Waals surface area (Å²) in [6.45, 7) is 7.08. The van der Waals surface area contributed by atoms with Crippen molar-refractivity contribution in [1.29, 1.82) is 0 Å². The predicted octanol–water partition coefficient (Wildman–Crippen LogP) is 8.81. The number of para-hydroxylation sites is 1. The van der Waals surface area contributed by atoms with Crippen LogP contribution in [0.3, 0.4) is 0 Å². The first-order valence-corrected chi connectivity index (χ1v) is 18.3. The molecule has 5 aromatic rings. The van der Waals surface area contributed by atoms with Gasteiger partial charge in [-0.3, -0.25) is 9.80 Å². The summed E-state index contributed by atoms with van der Waals surface area (Å²) in [5.41, 5.74) is 9.50. The van der Waals surface area contributed by atoms with Crippen molar-refractivity contribution in [3.8, 4) is 11.1 Å². The molecule has 0 radical (unpaired) electrons. The van der Waals surface area contributed by atoms with Gasteiger partial charge in [0.2, 0.25) is 0 Å². The molecule has 11 rings (SSSR count). The standard InChI is InChI=1S/C43H48N4/c1-2-32-22-30-10-14-42(32)46(27-30)18-17-36-26-45-41-24-34(12-13-39(36)41)33-7-5-6-29(20-33)21-37-23-31-11-15-43(37)47(28-31)19-16-35-25-44-40-9-4-3-8-38(35)40/h3-15,20,24-26,30-32,37,42-45H,2,16-19,21-23,27-28H2,1H3. The second-order valence-electron chi connectivity index (χ2n) is 15.0. The average Bonchev–Trinajstić information content (AvgIpc) is 3.74. The highest BCUT2D eigenvalue weighted by molar-refractivity contribution is 5.88. The molecular formula is C43H48N4. The summed E-state index contributed by atoms with van der Waals surface area (Å²) in [5.74, 6) is 2.93. The molecule has 4 heteroatoms. The number of H-pyrrole nitrogens is 2. The van der Waals surface area contributed by atoms with Gasteiger partial charge in [-0.15, -0.1) is 0 Å². The molecule has 6 atom stereocenters. The van der Waals surface area contributed by atoms with Crippen molar-refractivity contribution in [3.63, 3.8) is 0 Å². The van der Waals surface area contributed by atoms with Crippen LogP contribution in [0, 0.1) is 23.7 Å². The number of hydrogen-bond donors (Lipinski definition) is 2. The van der Waals surface area contributed by atoms with E-state index in [0.717, 1.165) is 44.2 Å². The topological polar surface area (TPSA) is 38.1 Å². The van der Waals surface area contributed by atoms with Crippen molar-refractivity contribution in [3.05, 3.63) is 120 Å². The largest absolute Gasteiger partial charge is 0.361 e.